The van der Waals surface area contributed by atoms with Crippen molar-refractivity contribution in [2.45, 2.75) is 19.8 Å². The van der Waals surface area contributed by atoms with Gasteiger partial charge in [0.25, 0.3) is 0 Å². The molecule has 1 aromatic carbocycles. The number of para-hydroxylation sites is 1. The van der Waals surface area contributed by atoms with Crippen LogP contribution in [0.4, 0.5) is 5.69 Å². The number of carbonyl (C=O) groups excluding carboxylic acids is 2. The van der Waals surface area contributed by atoms with Gasteiger partial charge in [0.2, 0.25) is 5.91 Å². The average molecular weight is 342 g/mol. The van der Waals surface area contributed by atoms with Crippen LogP contribution in [0.15, 0.2) is 41.8 Å². The normalized spacial score (nSPS) is 14.7. The molecule has 1 aromatic heterocycles. The highest BCUT2D eigenvalue weighted by atomic mass is 32.1. The van der Waals surface area contributed by atoms with Crippen LogP contribution in [0.25, 0.3) is 0 Å². The van der Waals surface area contributed by atoms with Crippen molar-refractivity contribution in [3.8, 4) is 0 Å². The molecular weight excluding hydrogens is 320 g/mol. The first-order chi connectivity index (χ1) is 11.6. The summed E-state index contributed by atoms with van der Waals surface area (Å²) in [6, 6.07) is 12.0. The predicted octanol–water partition coefficient (Wildman–Crippen LogP) is 3.37. The molecule has 0 spiro atoms. The molecule has 4 nitrogen and oxygen atoms in total. The molecule has 1 aliphatic rings. The van der Waals surface area contributed by atoms with Gasteiger partial charge in [-0.15, -0.1) is 11.3 Å². The number of Topliss-reactive ketones (excluding diaryl/α,β-unsaturated/α-hetero) is 1. The molecule has 0 atom stereocenters. The van der Waals surface area contributed by atoms with Gasteiger partial charge in [-0.25, -0.2) is 0 Å². The number of rotatable bonds is 5. The van der Waals surface area contributed by atoms with Gasteiger partial charge < -0.3 is 9.80 Å². The maximum Gasteiger partial charge on any atom is 0.223 e. The number of piperazine rings is 1. The first-order valence-corrected chi connectivity index (χ1v) is 9.18. The third kappa shape index (κ3) is 3.85. The summed E-state index contributed by atoms with van der Waals surface area (Å²) in [5.41, 5.74) is 2.51. The second kappa shape index (κ2) is 7.62. The van der Waals surface area contributed by atoms with Crippen molar-refractivity contribution in [2.24, 2.45) is 0 Å². The van der Waals surface area contributed by atoms with E-state index in [2.05, 4.69) is 30.0 Å². The van der Waals surface area contributed by atoms with Crippen LogP contribution < -0.4 is 4.90 Å². The minimum absolute atomic E-state index is 0.0666. The zero-order valence-corrected chi connectivity index (χ0v) is 14.7. The molecule has 0 N–H and O–H groups in total. The Labute approximate surface area is 146 Å². The Hall–Kier alpha value is -2.14. The van der Waals surface area contributed by atoms with Gasteiger partial charge >= 0.3 is 0 Å². The second-order valence-corrected chi connectivity index (χ2v) is 7.00. The zero-order chi connectivity index (χ0) is 16.9. The Morgan fingerprint density at radius 3 is 2.42 bits per heavy atom. The highest BCUT2D eigenvalue weighted by Gasteiger charge is 2.22. The van der Waals surface area contributed by atoms with Crippen molar-refractivity contribution < 1.29 is 9.59 Å². The number of carbonyl (C=O) groups is 2. The third-order valence-corrected chi connectivity index (χ3v) is 5.36. The molecular formula is C19H22N2O2S. The van der Waals surface area contributed by atoms with Crippen LogP contribution >= 0.6 is 11.3 Å². The molecule has 0 bridgehead atoms. The Morgan fingerprint density at radius 2 is 1.75 bits per heavy atom. The van der Waals surface area contributed by atoms with E-state index in [1.54, 1.807) is 0 Å². The summed E-state index contributed by atoms with van der Waals surface area (Å²) in [6.45, 7) is 5.24. The average Bonchev–Trinajstić information content (AvgIpc) is 3.15. The van der Waals surface area contributed by atoms with Gasteiger partial charge in [0.1, 0.15) is 0 Å². The SMILES string of the molecule is Cc1ccccc1N1CCN(C(=O)CCC(=O)c2cccs2)CC1. The van der Waals surface area contributed by atoms with Crippen LogP contribution in [0, 0.1) is 6.92 Å². The minimum atomic E-state index is 0.0666. The van der Waals surface area contributed by atoms with Gasteiger partial charge in [0, 0.05) is 44.7 Å². The van der Waals surface area contributed by atoms with Gasteiger partial charge in [-0.2, -0.15) is 0 Å². The maximum absolute atomic E-state index is 12.3. The summed E-state index contributed by atoms with van der Waals surface area (Å²) >= 11 is 1.44. The van der Waals surface area contributed by atoms with E-state index in [0.717, 1.165) is 31.1 Å². The largest absolute Gasteiger partial charge is 0.368 e. The molecule has 5 heteroatoms. The number of aryl methyl sites for hydroxylation is 1. The summed E-state index contributed by atoms with van der Waals surface area (Å²) in [6.07, 6.45) is 0.610. The molecule has 1 saturated heterocycles. The summed E-state index contributed by atoms with van der Waals surface area (Å²) in [4.78, 5) is 29.3. The van der Waals surface area contributed by atoms with Gasteiger partial charge in [-0.3, -0.25) is 9.59 Å². The molecule has 24 heavy (non-hydrogen) atoms. The van der Waals surface area contributed by atoms with Crippen LogP contribution in [0.5, 0.6) is 0 Å². The van der Waals surface area contributed by atoms with E-state index >= 15 is 0 Å². The van der Waals surface area contributed by atoms with Crippen LogP contribution in [-0.4, -0.2) is 42.8 Å². The van der Waals surface area contributed by atoms with E-state index in [9.17, 15) is 9.59 Å². The van der Waals surface area contributed by atoms with Crippen LogP contribution in [-0.2, 0) is 4.79 Å². The monoisotopic (exact) mass is 342 g/mol. The highest BCUT2D eigenvalue weighted by molar-refractivity contribution is 7.12. The lowest BCUT2D eigenvalue weighted by atomic mass is 10.1. The molecule has 1 aliphatic heterocycles. The van der Waals surface area contributed by atoms with E-state index in [1.165, 1.54) is 22.6 Å². The Kier molecular flexibility index (Phi) is 5.30. The summed E-state index contributed by atoms with van der Waals surface area (Å²) in [5.74, 6) is 0.154. The quantitative estimate of drug-likeness (QED) is 0.782. The zero-order valence-electron chi connectivity index (χ0n) is 13.9. The lowest BCUT2D eigenvalue weighted by Gasteiger charge is -2.36. The maximum atomic E-state index is 12.3. The smallest absolute Gasteiger partial charge is 0.223 e. The lowest BCUT2D eigenvalue weighted by Crippen LogP contribution is -2.49. The standard InChI is InChI=1S/C19H22N2O2S/c1-15-5-2-3-6-16(15)20-10-12-21(13-11-20)19(23)9-8-17(22)18-7-4-14-24-18/h2-7,14H,8-13H2,1H3. The molecule has 0 aliphatic carbocycles. The second-order valence-electron chi connectivity index (χ2n) is 6.05. The number of nitrogens with zero attached hydrogens (tertiary/aromatic N) is 2. The van der Waals surface area contributed by atoms with Crippen molar-refractivity contribution in [3.05, 3.63) is 52.2 Å². The first kappa shape index (κ1) is 16.7. The molecule has 3 rings (SSSR count). The fourth-order valence-corrected chi connectivity index (χ4v) is 3.75. The van der Waals surface area contributed by atoms with E-state index in [1.807, 2.05) is 28.5 Å². The molecule has 1 amide bonds. The van der Waals surface area contributed by atoms with Crippen molar-refractivity contribution >= 4 is 28.7 Å². The van der Waals surface area contributed by atoms with Gasteiger partial charge in [0.15, 0.2) is 5.78 Å². The minimum Gasteiger partial charge on any atom is -0.368 e. The van der Waals surface area contributed by atoms with Gasteiger partial charge in [-0.1, -0.05) is 24.3 Å². The van der Waals surface area contributed by atoms with Crippen molar-refractivity contribution in [1.82, 2.24) is 4.90 Å². The molecule has 0 radical (unpaired) electrons. The fraction of sp³-hybridized carbons (Fsp3) is 0.368. The molecule has 0 saturated carbocycles. The van der Waals surface area contributed by atoms with Crippen LogP contribution in [0.3, 0.4) is 0 Å². The summed E-state index contributed by atoms with van der Waals surface area (Å²) in [7, 11) is 0. The number of benzene rings is 1. The van der Waals surface area contributed by atoms with Gasteiger partial charge in [-0.05, 0) is 30.0 Å². The molecule has 2 aromatic rings. The number of hydrogen-bond acceptors (Lipinski definition) is 4. The molecule has 0 unspecified atom stereocenters. The van der Waals surface area contributed by atoms with E-state index in [0.29, 0.717) is 12.8 Å². The van der Waals surface area contributed by atoms with Crippen molar-refractivity contribution in [2.75, 3.05) is 31.1 Å². The lowest BCUT2D eigenvalue weighted by molar-refractivity contribution is -0.131. The topological polar surface area (TPSA) is 40.6 Å². The Balaban J connectivity index is 1.48. The van der Waals surface area contributed by atoms with Crippen molar-refractivity contribution in [3.63, 3.8) is 0 Å². The van der Waals surface area contributed by atoms with E-state index in [-0.39, 0.29) is 11.7 Å². The molecule has 2 heterocycles. The van der Waals surface area contributed by atoms with E-state index in [4.69, 9.17) is 0 Å². The molecule has 1 fully saturated rings. The third-order valence-electron chi connectivity index (χ3n) is 4.45. The number of hydrogen-bond donors (Lipinski definition) is 0. The highest BCUT2D eigenvalue weighted by Crippen LogP contribution is 2.21. The first-order valence-electron chi connectivity index (χ1n) is 8.30. The fourth-order valence-electron chi connectivity index (χ4n) is 3.05. The van der Waals surface area contributed by atoms with Crippen LogP contribution in [0.1, 0.15) is 28.1 Å². The number of amides is 1. The summed E-state index contributed by atoms with van der Waals surface area (Å²) < 4.78 is 0. The Bertz CT molecular complexity index is 704. The number of anilines is 1. The van der Waals surface area contributed by atoms with Crippen LogP contribution in [0.2, 0.25) is 0 Å². The van der Waals surface area contributed by atoms with Crippen molar-refractivity contribution in [1.29, 1.82) is 0 Å². The van der Waals surface area contributed by atoms with Gasteiger partial charge in [0.05, 0.1) is 4.88 Å². The Morgan fingerprint density at radius 1 is 1.00 bits per heavy atom. The number of ketones is 1. The van der Waals surface area contributed by atoms with E-state index < -0.39 is 0 Å². The summed E-state index contributed by atoms with van der Waals surface area (Å²) in [5, 5.41) is 1.89. The predicted molar refractivity (Wildman–Crippen MR) is 97.9 cm³/mol. The molecule has 126 valence electrons. The number of thiophene rings is 1.